The number of carbonyl (C=O) groups excluding carboxylic acids is 1. The molecular weight excluding hydrogens is 316 g/mol. The Bertz CT molecular complexity index is 292. The smallest absolute Gasteiger partial charge is 0.305 e. The van der Waals surface area contributed by atoms with E-state index in [0.717, 1.165) is 32.1 Å². The average Bonchev–Trinajstić information content (AvgIpc) is 2.58. The standard InChI is InChI=1S/C21H42O4/c1-3-4-5-12-15-20(23)16-13-10-8-6-7-9-11-14-17-21(24)25-18-19(2)22/h19-20,22-23H,3-18H2,1-2H3/t19-,20+/m1/s1. The molecule has 0 heterocycles. The van der Waals surface area contributed by atoms with E-state index in [9.17, 15) is 9.90 Å². The maximum atomic E-state index is 11.4. The lowest BCUT2D eigenvalue weighted by Crippen LogP contribution is -2.14. The molecule has 0 aromatic carbocycles. The van der Waals surface area contributed by atoms with Gasteiger partial charge >= 0.3 is 5.97 Å². The lowest BCUT2D eigenvalue weighted by molar-refractivity contribution is -0.146. The van der Waals surface area contributed by atoms with Crippen LogP contribution in [0.2, 0.25) is 0 Å². The monoisotopic (exact) mass is 358 g/mol. The molecule has 0 aliphatic rings. The molecule has 0 unspecified atom stereocenters. The van der Waals surface area contributed by atoms with Crippen LogP contribution in [0.15, 0.2) is 0 Å². The first kappa shape index (κ1) is 24.4. The Labute approximate surface area is 155 Å². The van der Waals surface area contributed by atoms with Crippen LogP contribution >= 0.6 is 0 Å². The fraction of sp³-hybridized carbons (Fsp3) is 0.952. The number of aliphatic hydroxyl groups excluding tert-OH is 2. The first-order valence-electron chi connectivity index (χ1n) is 10.6. The number of rotatable bonds is 18. The topological polar surface area (TPSA) is 66.8 Å². The van der Waals surface area contributed by atoms with E-state index in [-0.39, 0.29) is 18.7 Å². The third-order valence-corrected chi connectivity index (χ3v) is 4.54. The second-order valence-electron chi connectivity index (χ2n) is 7.40. The van der Waals surface area contributed by atoms with E-state index in [1.807, 2.05) is 0 Å². The molecular formula is C21H42O4. The highest BCUT2D eigenvalue weighted by Gasteiger charge is 2.05. The van der Waals surface area contributed by atoms with Crippen molar-refractivity contribution >= 4 is 5.97 Å². The van der Waals surface area contributed by atoms with Gasteiger partial charge in [-0.2, -0.15) is 0 Å². The Balaban J connectivity index is 3.22. The van der Waals surface area contributed by atoms with Crippen molar-refractivity contribution in [2.24, 2.45) is 0 Å². The Morgan fingerprint density at radius 2 is 1.28 bits per heavy atom. The summed E-state index contributed by atoms with van der Waals surface area (Å²) >= 11 is 0. The van der Waals surface area contributed by atoms with E-state index in [2.05, 4.69) is 6.92 Å². The van der Waals surface area contributed by atoms with Crippen LogP contribution in [0, 0.1) is 0 Å². The second-order valence-corrected chi connectivity index (χ2v) is 7.40. The predicted octanol–water partition coefficient (Wildman–Crippen LogP) is 5.14. The fourth-order valence-electron chi connectivity index (χ4n) is 2.95. The Morgan fingerprint density at radius 1 is 0.800 bits per heavy atom. The van der Waals surface area contributed by atoms with Gasteiger partial charge < -0.3 is 14.9 Å². The van der Waals surface area contributed by atoms with E-state index >= 15 is 0 Å². The van der Waals surface area contributed by atoms with Gasteiger partial charge in [0, 0.05) is 6.42 Å². The van der Waals surface area contributed by atoms with Gasteiger partial charge in [-0.1, -0.05) is 77.6 Å². The van der Waals surface area contributed by atoms with Crippen molar-refractivity contribution in [3.8, 4) is 0 Å². The van der Waals surface area contributed by atoms with Crippen LogP contribution in [0.3, 0.4) is 0 Å². The minimum Gasteiger partial charge on any atom is -0.463 e. The van der Waals surface area contributed by atoms with Crippen molar-refractivity contribution in [3.63, 3.8) is 0 Å². The number of esters is 1. The zero-order valence-corrected chi connectivity index (χ0v) is 16.7. The molecule has 0 aromatic rings. The summed E-state index contributed by atoms with van der Waals surface area (Å²) in [6.07, 6.45) is 15.9. The van der Waals surface area contributed by atoms with Crippen LogP contribution < -0.4 is 0 Å². The van der Waals surface area contributed by atoms with E-state index in [4.69, 9.17) is 9.84 Å². The molecule has 0 radical (unpaired) electrons. The van der Waals surface area contributed by atoms with Gasteiger partial charge in [0.2, 0.25) is 0 Å². The minimum absolute atomic E-state index is 0.0922. The fourth-order valence-corrected chi connectivity index (χ4v) is 2.95. The van der Waals surface area contributed by atoms with Gasteiger partial charge in [0.05, 0.1) is 12.2 Å². The summed E-state index contributed by atoms with van der Waals surface area (Å²) in [4.78, 5) is 11.4. The van der Waals surface area contributed by atoms with Crippen molar-refractivity contribution < 1.29 is 19.7 Å². The molecule has 2 atom stereocenters. The number of aliphatic hydroxyl groups is 2. The largest absolute Gasteiger partial charge is 0.463 e. The summed E-state index contributed by atoms with van der Waals surface area (Å²) in [6, 6.07) is 0. The lowest BCUT2D eigenvalue weighted by Gasteiger charge is -2.10. The molecule has 0 saturated heterocycles. The lowest BCUT2D eigenvalue weighted by atomic mass is 10.0. The van der Waals surface area contributed by atoms with E-state index < -0.39 is 6.10 Å². The summed E-state index contributed by atoms with van der Waals surface area (Å²) in [5, 5.41) is 18.9. The van der Waals surface area contributed by atoms with Crippen molar-refractivity contribution in [2.75, 3.05) is 6.61 Å². The van der Waals surface area contributed by atoms with Crippen molar-refractivity contribution in [2.45, 2.75) is 122 Å². The third kappa shape index (κ3) is 19.6. The number of carbonyl (C=O) groups is 1. The zero-order chi connectivity index (χ0) is 18.8. The summed E-state index contributed by atoms with van der Waals surface area (Å²) < 4.78 is 4.92. The van der Waals surface area contributed by atoms with Gasteiger partial charge in [0.15, 0.2) is 0 Å². The highest BCUT2D eigenvalue weighted by atomic mass is 16.5. The van der Waals surface area contributed by atoms with E-state index in [1.165, 1.54) is 57.8 Å². The number of ether oxygens (including phenoxy) is 1. The summed E-state index contributed by atoms with van der Waals surface area (Å²) in [6.45, 7) is 3.93. The molecule has 4 nitrogen and oxygen atoms in total. The van der Waals surface area contributed by atoms with Crippen molar-refractivity contribution in [1.82, 2.24) is 0 Å². The molecule has 0 fully saturated rings. The molecule has 0 aliphatic carbocycles. The van der Waals surface area contributed by atoms with Crippen LogP contribution in [0.25, 0.3) is 0 Å². The number of hydrogen-bond donors (Lipinski definition) is 2. The zero-order valence-electron chi connectivity index (χ0n) is 16.7. The second kappa shape index (κ2) is 18.2. The quantitative estimate of drug-likeness (QED) is 0.263. The molecule has 0 rings (SSSR count). The minimum atomic E-state index is -0.578. The molecule has 25 heavy (non-hydrogen) atoms. The molecule has 0 saturated carbocycles. The van der Waals surface area contributed by atoms with Crippen LogP contribution in [-0.4, -0.2) is 35.0 Å². The first-order valence-corrected chi connectivity index (χ1v) is 10.6. The Hall–Kier alpha value is -0.610. The predicted molar refractivity (Wildman–Crippen MR) is 104 cm³/mol. The molecule has 0 spiro atoms. The maximum Gasteiger partial charge on any atom is 0.305 e. The number of unbranched alkanes of at least 4 members (excludes halogenated alkanes) is 10. The third-order valence-electron chi connectivity index (χ3n) is 4.54. The Kier molecular flexibility index (Phi) is 17.7. The highest BCUT2D eigenvalue weighted by molar-refractivity contribution is 5.69. The molecule has 0 amide bonds. The average molecular weight is 359 g/mol. The van der Waals surface area contributed by atoms with Crippen molar-refractivity contribution in [1.29, 1.82) is 0 Å². The molecule has 0 aromatic heterocycles. The molecule has 4 heteroatoms. The van der Waals surface area contributed by atoms with Gasteiger partial charge in [-0.05, 0) is 26.2 Å². The van der Waals surface area contributed by atoms with Crippen molar-refractivity contribution in [3.05, 3.63) is 0 Å². The van der Waals surface area contributed by atoms with Crippen LogP contribution in [0.5, 0.6) is 0 Å². The van der Waals surface area contributed by atoms with Gasteiger partial charge in [-0.3, -0.25) is 4.79 Å². The summed E-state index contributed by atoms with van der Waals surface area (Å²) in [5.74, 6) is -0.200. The summed E-state index contributed by atoms with van der Waals surface area (Å²) in [5.41, 5.74) is 0. The Morgan fingerprint density at radius 3 is 1.80 bits per heavy atom. The molecule has 0 aliphatic heterocycles. The van der Waals surface area contributed by atoms with Gasteiger partial charge in [-0.15, -0.1) is 0 Å². The van der Waals surface area contributed by atoms with Gasteiger partial charge in [0.1, 0.15) is 6.61 Å². The molecule has 0 bridgehead atoms. The maximum absolute atomic E-state index is 11.4. The van der Waals surface area contributed by atoms with Crippen LogP contribution in [-0.2, 0) is 9.53 Å². The van der Waals surface area contributed by atoms with Crippen LogP contribution in [0.4, 0.5) is 0 Å². The SMILES string of the molecule is CCCCCC[C@H](O)CCCCCCCCCCC(=O)OC[C@@H](C)O. The van der Waals surface area contributed by atoms with E-state index in [1.54, 1.807) is 6.92 Å². The molecule has 2 N–H and O–H groups in total. The summed E-state index contributed by atoms with van der Waals surface area (Å²) in [7, 11) is 0. The normalized spacial score (nSPS) is 13.6. The van der Waals surface area contributed by atoms with Crippen LogP contribution in [0.1, 0.15) is 110 Å². The van der Waals surface area contributed by atoms with Gasteiger partial charge in [0.25, 0.3) is 0 Å². The molecule has 150 valence electrons. The highest BCUT2D eigenvalue weighted by Crippen LogP contribution is 2.14. The van der Waals surface area contributed by atoms with E-state index in [0.29, 0.717) is 6.42 Å². The van der Waals surface area contributed by atoms with Gasteiger partial charge in [-0.25, -0.2) is 0 Å². The first-order chi connectivity index (χ1) is 12.1. The number of hydrogen-bond acceptors (Lipinski definition) is 4.